The Balaban J connectivity index is 1.64. The minimum Gasteiger partial charge on any atom is -0.357 e. The molecular weight excluding hydrogens is 304 g/mol. The van der Waals surface area contributed by atoms with Crippen LogP contribution in [0.5, 0.6) is 0 Å². The molecule has 2 unspecified atom stereocenters. The van der Waals surface area contributed by atoms with E-state index in [0.717, 1.165) is 19.4 Å². The lowest BCUT2D eigenvalue weighted by Gasteiger charge is -2.27. The van der Waals surface area contributed by atoms with Gasteiger partial charge in [-0.05, 0) is 60.5 Å². The molecule has 0 saturated carbocycles. The van der Waals surface area contributed by atoms with Crippen LogP contribution in [-0.4, -0.2) is 11.5 Å². The SMILES string of the molecule is CCCc1ccc2[nH]c3c(c2c1)CCNC3CC(C)c1ccccc1. The highest BCUT2D eigenvalue weighted by atomic mass is 15.0. The molecule has 1 aliphatic rings. The molecule has 0 saturated heterocycles. The van der Waals surface area contributed by atoms with Gasteiger partial charge in [0.1, 0.15) is 0 Å². The van der Waals surface area contributed by atoms with Crippen LogP contribution in [0.25, 0.3) is 10.9 Å². The first-order chi connectivity index (χ1) is 12.3. The molecule has 130 valence electrons. The zero-order chi connectivity index (χ0) is 17.2. The van der Waals surface area contributed by atoms with Crippen LogP contribution in [0.4, 0.5) is 0 Å². The van der Waals surface area contributed by atoms with Crippen LogP contribution >= 0.6 is 0 Å². The normalized spacial score (nSPS) is 18.2. The summed E-state index contributed by atoms with van der Waals surface area (Å²) in [6, 6.07) is 18.3. The number of aromatic amines is 1. The highest BCUT2D eigenvalue weighted by molar-refractivity contribution is 5.86. The van der Waals surface area contributed by atoms with Crippen molar-refractivity contribution in [1.29, 1.82) is 0 Å². The number of nitrogens with one attached hydrogen (secondary N) is 2. The van der Waals surface area contributed by atoms with E-state index in [1.165, 1.54) is 46.1 Å². The molecule has 25 heavy (non-hydrogen) atoms. The third kappa shape index (κ3) is 3.23. The lowest BCUT2D eigenvalue weighted by atomic mass is 9.89. The van der Waals surface area contributed by atoms with E-state index in [9.17, 15) is 0 Å². The first kappa shape index (κ1) is 16.4. The van der Waals surface area contributed by atoms with E-state index in [1.54, 1.807) is 0 Å². The summed E-state index contributed by atoms with van der Waals surface area (Å²) in [6.45, 7) is 5.67. The second kappa shape index (κ2) is 7.05. The van der Waals surface area contributed by atoms with Crippen molar-refractivity contribution >= 4 is 10.9 Å². The van der Waals surface area contributed by atoms with Crippen LogP contribution in [0.1, 0.15) is 61.0 Å². The number of aromatic nitrogens is 1. The molecular formula is C23H28N2. The second-order valence-corrected chi connectivity index (χ2v) is 7.45. The maximum absolute atomic E-state index is 3.75. The molecule has 1 aromatic heterocycles. The van der Waals surface area contributed by atoms with E-state index < -0.39 is 0 Å². The van der Waals surface area contributed by atoms with Gasteiger partial charge in [-0.15, -0.1) is 0 Å². The first-order valence-electron chi connectivity index (χ1n) is 9.68. The molecule has 0 bridgehead atoms. The van der Waals surface area contributed by atoms with Crippen LogP contribution < -0.4 is 5.32 Å². The van der Waals surface area contributed by atoms with E-state index in [1.807, 2.05) is 0 Å². The summed E-state index contributed by atoms with van der Waals surface area (Å²) in [7, 11) is 0. The van der Waals surface area contributed by atoms with E-state index >= 15 is 0 Å². The maximum Gasteiger partial charge on any atom is 0.0481 e. The Morgan fingerprint density at radius 3 is 2.76 bits per heavy atom. The van der Waals surface area contributed by atoms with Gasteiger partial charge in [0.2, 0.25) is 0 Å². The van der Waals surface area contributed by atoms with Gasteiger partial charge in [0.15, 0.2) is 0 Å². The summed E-state index contributed by atoms with van der Waals surface area (Å²) < 4.78 is 0. The summed E-state index contributed by atoms with van der Waals surface area (Å²) in [5.74, 6) is 0.548. The van der Waals surface area contributed by atoms with Gasteiger partial charge in [0.25, 0.3) is 0 Å². The molecule has 3 aromatic rings. The molecule has 0 fully saturated rings. The van der Waals surface area contributed by atoms with Crippen molar-refractivity contribution in [2.24, 2.45) is 0 Å². The third-order valence-electron chi connectivity index (χ3n) is 5.61. The van der Waals surface area contributed by atoms with Gasteiger partial charge in [0, 0.05) is 22.6 Å². The molecule has 2 aromatic carbocycles. The Morgan fingerprint density at radius 1 is 1.12 bits per heavy atom. The zero-order valence-corrected chi connectivity index (χ0v) is 15.3. The highest BCUT2D eigenvalue weighted by Crippen LogP contribution is 2.35. The van der Waals surface area contributed by atoms with Crippen molar-refractivity contribution in [3.05, 3.63) is 70.9 Å². The monoisotopic (exact) mass is 332 g/mol. The average Bonchev–Trinajstić information content (AvgIpc) is 3.02. The number of hydrogen-bond acceptors (Lipinski definition) is 1. The summed E-state index contributed by atoms with van der Waals surface area (Å²) in [6.07, 6.45) is 4.63. The third-order valence-corrected chi connectivity index (χ3v) is 5.61. The van der Waals surface area contributed by atoms with Crippen molar-refractivity contribution in [1.82, 2.24) is 10.3 Å². The van der Waals surface area contributed by atoms with Gasteiger partial charge < -0.3 is 10.3 Å². The van der Waals surface area contributed by atoms with Gasteiger partial charge >= 0.3 is 0 Å². The number of benzene rings is 2. The van der Waals surface area contributed by atoms with Gasteiger partial charge in [-0.1, -0.05) is 56.7 Å². The molecule has 2 heterocycles. The van der Waals surface area contributed by atoms with Crippen LogP contribution in [0.15, 0.2) is 48.5 Å². The predicted octanol–water partition coefficient (Wildman–Crippen LogP) is 5.50. The van der Waals surface area contributed by atoms with E-state index in [0.29, 0.717) is 12.0 Å². The number of H-pyrrole nitrogens is 1. The minimum atomic E-state index is 0.418. The second-order valence-electron chi connectivity index (χ2n) is 7.45. The van der Waals surface area contributed by atoms with Crippen molar-refractivity contribution in [3.8, 4) is 0 Å². The fraction of sp³-hybridized carbons (Fsp3) is 0.391. The Kier molecular flexibility index (Phi) is 4.63. The van der Waals surface area contributed by atoms with E-state index in [2.05, 4.69) is 72.7 Å². The molecule has 2 nitrogen and oxygen atoms in total. The van der Waals surface area contributed by atoms with E-state index in [-0.39, 0.29) is 0 Å². The molecule has 0 aliphatic carbocycles. The first-order valence-corrected chi connectivity index (χ1v) is 9.68. The summed E-state index contributed by atoms with van der Waals surface area (Å²) in [5, 5.41) is 5.19. The molecule has 0 amide bonds. The topological polar surface area (TPSA) is 27.8 Å². The lowest BCUT2D eigenvalue weighted by Crippen LogP contribution is -2.30. The van der Waals surface area contributed by atoms with Crippen LogP contribution in [0.3, 0.4) is 0 Å². The molecule has 2 N–H and O–H groups in total. The van der Waals surface area contributed by atoms with Crippen LogP contribution in [0.2, 0.25) is 0 Å². The number of aryl methyl sites for hydroxylation is 1. The van der Waals surface area contributed by atoms with Gasteiger partial charge in [0.05, 0.1) is 0 Å². The lowest BCUT2D eigenvalue weighted by molar-refractivity contribution is 0.439. The summed E-state index contributed by atoms with van der Waals surface area (Å²) >= 11 is 0. The standard InChI is InChI=1S/C23H28N2/c1-3-7-17-10-11-21-20(15-17)19-12-13-24-22(23(19)25-21)14-16(2)18-8-5-4-6-9-18/h4-6,8-11,15-16,22,24-25H,3,7,12-14H2,1-2H3. The summed E-state index contributed by atoms with van der Waals surface area (Å²) in [5.41, 5.74) is 7.14. The van der Waals surface area contributed by atoms with Crippen molar-refractivity contribution in [2.45, 2.75) is 51.5 Å². The minimum absolute atomic E-state index is 0.418. The van der Waals surface area contributed by atoms with Crippen LogP contribution in [-0.2, 0) is 12.8 Å². The van der Waals surface area contributed by atoms with E-state index in [4.69, 9.17) is 0 Å². The fourth-order valence-corrected chi connectivity index (χ4v) is 4.27. The smallest absolute Gasteiger partial charge is 0.0481 e. The van der Waals surface area contributed by atoms with Gasteiger partial charge in [-0.3, -0.25) is 0 Å². The maximum atomic E-state index is 3.75. The Morgan fingerprint density at radius 2 is 1.96 bits per heavy atom. The van der Waals surface area contributed by atoms with Gasteiger partial charge in [-0.25, -0.2) is 0 Å². The average molecular weight is 332 g/mol. The quantitative estimate of drug-likeness (QED) is 0.634. The zero-order valence-electron chi connectivity index (χ0n) is 15.3. The van der Waals surface area contributed by atoms with Crippen molar-refractivity contribution < 1.29 is 0 Å². The molecule has 0 radical (unpaired) electrons. The highest BCUT2D eigenvalue weighted by Gasteiger charge is 2.25. The largest absolute Gasteiger partial charge is 0.357 e. The Bertz CT molecular complexity index is 847. The number of hydrogen-bond donors (Lipinski definition) is 2. The Labute approximate surface area is 150 Å². The van der Waals surface area contributed by atoms with Crippen molar-refractivity contribution in [2.75, 3.05) is 6.54 Å². The molecule has 2 atom stereocenters. The molecule has 2 heteroatoms. The molecule has 4 rings (SSSR count). The number of rotatable bonds is 5. The van der Waals surface area contributed by atoms with Gasteiger partial charge in [-0.2, -0.15) is 0 Å². The predicted molar refractivity (Wildman–Crippen MR) is 106 cm³/mol. The molecule has 0 spiro atoms. The Hall–Kier alpha value is -2.06. The fourth-order valence-electron chi connectivity index (χ4n) is 4.27. The van der Waals surface area contributed by atoms with Crippen LogP contribution in [0, 0.1) is 0 Å². The summed E-state index contributed by atoms with van der Waals surface area (Å²) in [4.78, 5) is 3.73. The molecule has 1 aliphatic heterocycles. The van der Waals surface area contributed by atoms with Crippen molar-refractivity contribution in [3.63, 3.8) is 0 Å². The number of fused-ring (bicyclic) bond motifs is 3.